The van der Waals surface area contributed by atoms with Gasteiger partial charge in [0.2, 0.25) is 0 Å². The highest BCUT2D eigenvalue weighted by Gasteiger charge is 2.34. The number of amides is 2. The molecule has 1 heterocycles. The number of fused-ring (bicyclic) bond motifs is 1. The van der Waals surface area contributed by atoms with E-state index in [0.29, 0.717) is 30.7 Å². The molecule has 124 valence electrons. The third-order valence-corrected chi connectivity index (χ3v) is 4.67. The van der Waals surface area contributed by atoms with E-state index in [9.17, 15) is 9.59 Å². The van der Waals surface area contributed by atoms with E-state index in [1.165, 1.54) is 4.90 Å². The number of ether oxygens (including phenoxy) is 1. The Morgan fingerprint density at radius 1 is 0.875 bits per heavy atom. The van der Waals surface area contributed by atoms with Crippen LogP contribution in [-0.2, 0) is 0 Å². The number of hydrogen-bond acceptors (Lipinski definition) is 3. The number of unbranched alkanes of at least 4 members (excludes halogenated alkanes) is 1. The summed E-state index contributed by atoms with van der Waals surface area (Å²) in [7, 11) is 0. The molecule has 4 nitrogen and oxygen atoms in total. The van der Waals surface area contributed by atoms with Crippen molar-refractivity contribution in [1.82, 2.24) is 4.90 Å². The lowest BCUT2D eigenvalue weighted by Gasteiger charge is -2.13. The maximum absolute atomic E-state index is 12.2. The first-order valence-electron chi connectivity index (χ1n) is 7.60. The number of rotatable bonds is 6. The van der Waals surface area contributed by atoms with Gasteiger partial charge in [0.25, 0.3) is 11.8 Å². The Hall–Kier alpha value is -1.66. The average Bonchev–Trinajstić information content (AvgIpc) is 2.79. The summed E-state index contributed by atoms with van der Waals surface area (Å²) >= 11 is 6.83. The van der Waals surface area contributed by atoms with Crippen molar-refractivity contribution < 1.29 is 14.3 Å². The molecule has 2 aromatic rings. The second kappa shape index (κ2) is 7.49. The number of imide groups is 1. The Kier molecular flexibility index (Phi) is 5.36. The fourth-order valence-electron chi connectivity index (χ4n) is 2.62. The molecule has 0 spiro atoms. The minimum atomic E-state index is -0.201. The summed E-state index contributed by atoms with van der Waals surface area (Å²) in [5.41, 5.74) is 0.996. The molecule has 0 fully saturated rings. The maximum atomic E-state index is 12.2. The molecule has 0 saturated heterocycles. The van der Waals surface area contributed by atoms with Crippen LogP contribution in [0.1, 0.15) is 33.6 Å². The summed E-state index contributed by atoms with van der Waals surface area (Å²) in [6.07, 6.45) is 1.47. The van der Waals surface area contributed by atoms with Gasteiger partial charge in [-0.05, 0) is 43.2 Å². The van der Waals surface area contributed by atoms with Gasteiger partial charge in [0.05, 0.1) is 17.7 Å². The Morgan fingerprint density at radius 3 is 2.04 bits per heavy atom. The van der Waals surface area contributed by atoms with Gasteiger partial charge >= 0.3 is 0 Å². The first-order chi connectivity index (χ1) is 11.6. The van der Waals surface area contributed by atoms with Crippen LogP contribution in [-0.4, -0.2) is 29.9 Å². The van der Waals surface area contributed by atoms with Gasteiger partial charge in [0.15, 0.2) is 0 Å². The second-order valence-corrected chi connectivity index (χ2v) is 7.30. The van der Waals surface area contributed by atoms with Gasteiger partial charge in [-0.2, -0.15) is 0 Å². The van der Waals surface area contributed by atoms with E-state index in [1.807, 2.05) is 18.2 Å². The van der Waals surface area contributed by atoms with Crippen molar-refractivity contribution >= 4 is 43.7 Å². The van der Waals surface area contributed by atoms with E-state index in [-0.39, 0.29) is 11.8 Å². The summed E-state index contributed by atoms with van der Waals surface area (Å²) in [4.78, 5) is 25.8. The standard InChI is InChI=1S/C18H15Br2NO3/c19-12-9-13(20)11-14(10-12)24-8-4-3-7-21-17(22)15-5-1-2-6-16(15)18(21)23/h1-2,5-6,9-11H,3-4,7-8H2. The fourth-order valence-corrected chi connectivity index (χ4v) is 3.87. The van der Waals surface area contributed by atoms with E-state index >= 15 is 0 Å². The van der Waals surface area contributed by atoms with Crippen LogP contribution < -0.4 is 4.74 Å². The zero-order valence-electron chi connectivity index (χ0n) is 12.8. The van der Waals surface area contributed by atoms with Crippen molar-refractivity contribution in [1.29, 1.82) is 0 Å². The van der Waals surface area contributed by atoms with Crippen LogP contribution in [0.3, 0.4) is 0 Å². The number of nitrogens with zero attached hydrogens (tertiary/aromatic N) is 1. The minimum absolute atomic E-state index is 0.201. The lowest BCUT2D eigenvalue weighted by molar-refractivity contribution is 0.0649. The highest BCUT2D eigenvalue weighted by molar-refractivity contribution is 9.11. The maximum Gasteiger partial charge on any atom is 0.261 e. The van der Waals surface area contributed by atoms with Crippen molar-refractivity contribution in [3.8, 4) is 5.75 Å². The number of halogens is 2. The van der Waals surface area contributed by atoms with Crippen molar-refractivity contribution in [2.45, 2.75) is 12.8 Å². The quantitative estimate of drug-likeness (QED) is 0.472. The lowest BCUT2D eigenvalue weighted by Crippen LogP contribution is -2.30. The molecule has 0 saturated carbocycles. The van der Waals surface area contributed by atoms with Crippen molar-refractivity contribution in [2.75, 3.05) is 13.2 Å². The van der Waals surface area contributed by atoms with Crippen LogP contribution in [0, 0.1) is 0 Å². The number of hydrogen-bond donors (Lipinski definition) is 0. The molecule has 3 rings (SSSR count). The molecule has 0 N–H and O–H groups in total. The third kappa shape index (κ3) is 3.70. The average molecular weight is 453 g/mol. The summed E-state index contributed by atoms with van der Waals surface area (Å²) in [5, 5.41) is 0. The highest BCUT2D eigenvalue weighted by atomic mass is 79.9. The summed E-state index contributed by atoms with van der Waals surface area (Å²) in [6.45, 7) is 0.948. The van der Waals surface area contributed by atoms with Gasteiger partial charge in [0, 0.05) is 15.5 Å². The van der Waals surface area contributed by atoms with Gasteiger partial charge in [0.1, 0.15) is 5.75 Å². The molecule has 2 amide bonds. The van der Waals surface area contributed by atoms with Gasteiger partial charge in [-0.15, -0.1) is 0 Å². The lowest BCUT2D eigenvalue weighted by atomic mass is 10.1. The van der Waals surface area contributed by atoms with Crippen LogP contribution in [0.4, 0.5) is 0 Å². The number of carbonyl (C=O) groups is 2. The Labute approximate surface area is 157 Å². The first kappa shape index (κ1) is 17.2. The SMILES string of the molecule is O=C1c2ccccc2C(=O)N1CCCCOc1cc(Br)cc(Br)c1. The van der Waals surface area contributed by atoms with Crippen LogP contribution in [0.2, 0.25) is 0 Å². The van der Waals surface area contributed by atoms with Gasteiger partial charge in [-0.3, -0.25) is 14.5 Å². The summed E-state index contributed by atoms with van der Waals surface area (Å²) in [6, 6.07) is 12.7. The number of carbonyl (C=O) groups excluding carboxylic acids is 2. The molecule has 2 aromatic carbocycles. The van der Waals surface area contributed by atoms with Crippen LogP contribution >= 0.6 is 31.9 Å². The normalized spacial score (nSPS) is 13.3. The summed E-state index contributed by atoms with van der Waals surface area (Å²) < 4.78 is 7.58. The molecule has 1 aliphatic heterocycles. The molecule has 0 aliphatic carbocycles. The molecule has 1 aliphatic rings. The molecular formula is C18H15Br2NO3. The predicted octanol–water partition coefficient (Wildman–Crippen LogP) is 4.67. The van der Waals surface area contributed by atoms with Crippen LogP contribution in [0.25, 0.3) is 0 Å². The smallest absolute Gasteiger partial charge is 0.261 e. The molecule has 0 atom stereocenters. The second-order valence-electron chi connectivity index (χ2n) is 5.47. The molecule has 0 unspecified atom stereocenters. The van der Waals surface area contributed by atoms with Gasteiger partial charge in [-0.25, -0.2) is 0 Å². The Morgan fingerprint density at radius 2 is 1.46 bits per heavy atom. The zero-order valence-corrected chi connectivity index (χ0v) is 16.0. The van der Waals surface area contributed by atoms with Gasteiger partial charge in [-0.1, -0.05) is 44.0 Å². The van der Waals surface area contributed by atoms with E-state index in [0.717, 1.165) is 21.1 Å². The largest absolute Gasteiger partial charge is 0.494 e. The fraction of sp³-hybridized carbons (Fsp3) is 0.222. The molecule has 24 heavy (non-hydrogen) atoms. The van der Waals surface area contributed by atoms with Crippen LogP contribution in [0.5, 0.6) is 5.75 Å². The highest BCUT2D eigenvalue weighted by Crippen LogP contribution is 2.25. The van der Waals surface area contributed by atoms with E-state index < -0.39 is 0 Å². The van der Waals surface area contributed by atoms with Crippen molar-refractivity contribution in [3.05, 3.63) is 62.5 Å². The summed E-state index contributed by atoms with van der Waals surface area (Å²) in [5.74, 6) is 0.372. The topological polar surface area (TPSA) is 46.6 Å². The molecule has 0 aromatic heterocycles. The Balaban J connectivity index is 1.48. The Bertz CT molecular complexity index is 736. The van der Waals surface area contributed by atoms with E-state index in [1.54, 1.807) is 24.3 Å². The predicted molar refractivity (Wildman–Crippen MR) is 98.4 cm³/mol. The third-order valence-electron chi connectivity index (χ3n) is 3.76. The van der Waals surface area contributed by atoms with Crippen LogP contribution in [0.15, 0.2) is 51.4 Å². The van der Waals surface area contributed by atoms with Crippen molar-refractivity contribution in [3.63, 3.8) is 0 Å². The van der Waals surface area contributed by atoms with Gasteiger partial charge < -0.3 is 4.74 Å². The van der Waals surface area contributed by atoms with E-state index in [2.05, 4.69) is 31.9 Å². The molecule has 0 radical (unpaired) electrons. The minimum Gasteiger partial charge on any atom is -0.494 e. The molecular weight excluding hydrogens is 438 g/mol. The monoisotopic (exact) mass is 451 g/mol. The number of benzene rings is 2. The van der Waals surface area contributed by atoms with Crippen molar-refractivity contribution in [2.24, 2.45) is 0 Å². The zero-order chi connectivity index (χ0) is 17.1. The molecule has 6 heteroatoms. The first-order valence-corrected chi connectivity index (χ1v) is 9.19. The molecule has 0 bridgehead atoms. The van der Waals surface area contributed by atoms with E-state index in [4.69, 9.17) is 4.74 Å².